The lowest BCUT2D eigenvalue weighted by atomic mass is 10.1. The molecule has 2 amide bonds. The summed E-state index contributed by atoms with van der Waals surface area (Å²) in [5.74, 6) is 0.0668. The molecule has 0 radical (unpaired) electrons. The van der Waals surface area contributed by atoms with Crippen molar-refractivity contribution in [3.05, 3.63) is 63.1 Å². The predicted molar refractivity (Wildman–Crippen MR) is 126 cm³/mol. The molecule has 0 unspecified atom stereocenters. The molecule has 168 valence electrons. The van der Waals surface area contributed by atoms with Gasteiger partial charge in [-0.05, 0) is 69.0 Å². The standard InChI is InChI=1S/C24H30Cl2N2O3/c1-6-21(24(30)27-15(2)3)28(13-18-9-7-8-10-20(18)25)22(29)14-31-19-11-16(4)23(26)17(5)12-19/h7-12,15,21H,6,13-14H2,1-5H3,(H,27,30)/t21-/m0/s1. The molecule has 0 aliphatic rings. The summed E-state index contributed by atoms with van der Waals surface area (Å²) < 4.78 is 5.77. The topological polar surface area (TPSA) is 58.6 Å². The van der Waals surface area contributed by atoms with Gasteiger partial charge in [-0.15, -0.1) is 0 Å². The number of ether oxygens (including phenoxy) is 1. The molecule has 0 aliphatic carbocycles. The van der Waals surface area contributed by atoms with Crippen LogP contribution in [0.2, 0.25) is 10.0 Å². The summed E-state index contributed by atoms with van der Waals surface area (Å²) in [6.45, 7) is 9.44. The Labute approximate surface area is 194 Å². The number of rotatable bonds is 9. The van der Waals surface area contributed by atoms with Crippen LogP contribution in [0.5, 0.6) is 5.75 Å². The van der Waals surface area contributed by atoms with Crippen molar-refractivity contribution in [2.24, 2.45) is 0 Å². The largest absolute Gasteiger partial charge is 0.484 e. The Kier molecular flexibility index (Phi) is 9.20. The van der Waals surface area contributed by atoms with Crippen LogP contribution in [0.4, 0.5) is 0 Å². The van der Waals surface area contributed by atoms with Crippen LogP contribution in [0.1, 0.15) is 43.9 Å². The minimum Gasteiger partial charge on any atom is -0.484 e. The number of carbonyl (C=O) groups excluding carboxylic acids is 2. The number of nitrogens with zero attached hydrogens (tertiary/aromatic N) is 1. The summed E-state index contributed by atoms with van der Waals surface area (Å²) in [6.07, 6.45) is 0.466. The van der Waals surface area contributed by atoms with E-state index >= 15 is 0 Å². The van der Waals surface area contributed by atoms with Gasteiger partial charge in [0.2, 0.25) is 5.91 Å². The molecule has 31 heavy (non-hydrogen) atoms. The zero-order chi connectivity index (χ0) is 23.1. The second kappa shape index (κ2) is 11.4. The third-order valence-corrected chi connectivity index (χ3v) is 5.85. The second-order valence-electron chi connectivity index (χ2n) is 7.86. The van der Waals surface area contributed by atoms with Crippen molar-refractivity contribution in [3.8, 4) is 5.75 Å². The summed E-state index contributed by atoms with van der Waals surface area (Å²) in [5.41, 5.74) is 2.52. The molecule has 0 heterocycles. The SMILES string of the molecule is CC[C@@H](C(=O)NC(C)C)N(Cc1ccccc1Cl)C(=O)COc1cc(C)c(Cl)c(C)c1. The van der Waals surface area contributed by atoms with Crippen molar-refractivity contribution in [3.63, 3.8) is 0 Å². The number of aryl methyl sites for hydroxylation is 2. The summed E-state index contributed by atoms with van der Waals surface area (Å²) in [5, 5.41) is 4.13. The maximum Gasteiger partial charge on any atom is 0.261 e. The Morgan fingerprint density at radius 1 is 1.10 bits per heavy atom. The van der Waals surface area contributed by atoms with E-state index in [1.54, 1.807) is 18.2 Å². The molecule has 7 heteroatoms. The monoisotopic (exact) mass is 464 g/mol. The van der Waals surface area contributed by atoms with E-state index in [2.05, 4.69) is 5.32 Å². The summed E-state index contributed by atoms with van der Waals surface area (Å²) in [6, 6.07) is 10.2. The van der Waals surface area contributed by atoms with Crippen molar-refractivity contribution in [2.75, 3.05) is 6.61 Å². The van der Waals surface area contributed by atoms with Crippen LogP contribution in [0, 0.1) is 13.8 Å². The lowest BCUT2D eigenvalue weighted by Crippen LogP contribution is -2.51. The van der Waals surface area contributed by atoms with E-state index in [9.17, 15) is 9.59 Å². The van der Waals surface area contributed by atoms with Crippen molar-refractivity contribution in [1.82, 2.24) is 10.2 Å². The van der Waals surface area contributed by atoms with E-state index in [0.29, 0.717) is 22.2 Å². The number of amides is 2. The zero-order valence-electron chi connectivity index (χ0n) is 18.7. The molecule has 1 N–H and O–H groups in total. The van der Waals surface area contributed by atoms with Gasteiger partial charge >= 0.3 is 0 Å². The lowest BCUT2D eigenvalue weighted by Gasteiger charge is -2.31. The second-order valence-corrected chi connectivity index (χ2v) is 8.65. The van der Waals surface area contributed by atoms with E-state index in [0.717, 1.165) is 16.7 Å². The molecular weight excluding hydrogens is 435 g/mol. The van der Waals surface area contributed by atoms with Gasteiger partial charge in [-0.3, -0.25) is 9.59 Å². The predicted octanol–water partition coefficient (Wildman–Crippen LogP) is 5.32. The Balaban J connectivity index is 2.26. The lowest BCUT2D eigenvalue weighted by molar-refractivity contribution is -0.143. The number of hydrogen-bond acceptors (Lipinski definition) is 3. The molecule has 2 rings (SSSR count). The first-order valence-corrected chi connectivity index (χ1v) is 11.1. The van der Waals surface area contributed by atoms with E-state index in [4.69, 9.17) is 27.9 Å². The minimum atomic E-state index is -0.636. The summed E-state index contributed by atoms with van der Waals surface area (Å²) in [4.78, 5) is 27.6. The van der Waals surface area contributed by atoms with Gasteiger partial charge in [0, 0.05) is 22.6 Å². The molecule has 0 saturated carbocycles. The maximum absolute atomic E-state index is 13.2. The fraction of sp³-hybridized carbons (Fsp3) is 0.417. The van der Waals surface area contributed by atoms with Crippen molar-refractivity contribution in [2.45, 2.75) is 59.7 Å². The fourth-order valence-electron chi connectivity index (χ4n) is 3.33. The molecule has 0 bridgehead atoms. The minimum absolute atomic E-state index is 0.0323. The van der Waals surface area contributed by atoms with Crippen LogP contribution in [0.3, 0.4) is 0 Å². The van der Waals surface area contributed by atoms with Gasteiger partial charge in [0.25, 0.3) is 5.91 Å². The molecule has 0 spiro atoms. The smallest absolute Gasteiger partial charge is 0.261 e. The number of carbonyl (C=O) groups is 2. The molecule has 1 atom stereocenters. The van der Waals surface area contributed by atoms with Gasteiger partial charge in [-0.1, -0.05) is 48.3 Å². The van der Waals surface area contributed by atoms with Gasteiger partial charge in [0.05, 0.1) is 0 Å². The Morgan fingerprint density at radius 3 is 2.26 bits per heavy atom. The highest BCUT2D eigenvalue weighted by atomic mass is 35.5. The first kappa shape index (κ1) is 25.0. The highest BCUT2D eigenvalue weighted by Gasteiger charge is 2.29. The van der Waals surface area contributed by atoms with E-state index in [1.807, 2.05) is 52.8 Å². The molecule has 0 fully saturated rings. The van der Waals surface area contributed by atoms with Crippen LogP contribution in [0.25, 0.3) is 0 Å². The Morgan fingerprint density at radius 2 is 1.71 bits per heavy atom. The van der Waals surface area contributed by atoms with Gasteiger partial charge in [0.1, 0.15) is 11.8 Å². The van der Waals surface area contributed by atoms with E-state index in [-0.39, 0.29) is 31.0 Å². The highest BCUT2D eigenvalue weighted by molar-refractivity contribution is 6.32. The number of hydrogen-bond donors (Lipinski definition) is 1. The normalized spacial score (nSPS) is 11.9. The Hall–Kier alpha value is -2.24. The van der Waals surface area contributed by atoms with Crippen LogP contribution < -0.4 is 10.1 Å². The fourth-order valence-corrected chi connectivity index (χ4v) is 3.63. The van der Waals surface area contributed by atoms with Crippen LogP contribution in [-0.2, 0) is 16.1 Å². The van der Waals surface area contributed by atoms with Crippen molar-refractivity contribution in [1.29, 1.82) is 0 Å². The molecule has 0 saturated heterocycles. The number of benzene rings is 2. The van der Waals surface area contributed by atoms with E-state index < -0.39 is 6.04 Å². The maximum atomic E-state index is 13.2. The van der Waals surface area contributed by atoms with E-state index in [1.165, 1.54) is 4.90 Å². The van der Waals surface area contributed by atoms with Crippen molar-refractivity contribution < 1.29 is 14.3 Å². The molecule has 2 aromatic rings. The van der Waals surface area contributed by atoms with Gasteiger partial charge in [-0.2, -0.15) is 0 Å². The van der Waals surface area contributed by atoms with Crippen LogP contribution in [0.15, 0.2) is 36.4 Å². The summed E-state index contributed by atoms with van der Waals surface area (Å²) in [7, 11) is 0. The quantitative estimate of drug-likeness (QED) is 0.545. The summed E-state index contributed by atoms with van der Waals surface area (Å²) >= 11 is 12.5. The molecule has 0 aromatic heterocycles. The molecule has 2 aromatic carbocycles. The van der Waals surface area contributed by atoms with Crippen molar-refractivity contribution >= 4 is 35.0 Å². The first-order valence-electron chi connectivity index (χ1n) is 10.4. The van der Waals surface area contributed by atoms with Gasteiger partial charge < -0.3 is 15.0 Å². The average Bonchev–Trinajstić information content (AvgIpc) is 2.70. The molecular formula is C24H30Cl2N2O3. The number of halogens is 2. The highest BCUT2D eigenvalue weighted by Crippen LogP contribution is 2.26. The van der Waals surface area contributed by atoms with Crippen LogP contribution >= 0.6 is 23.2 Å². The molecule has 5 nitrogen and oxygen atoms in total. The van der Waals surface area contributed by atoms with Crippen LogP contribution in [-0.4, -0.2) is 35.4 Å². The van der Waals surface area contributed by atoms with Gasteiger partial charge in [0.15, 0.2) is 6.61 Å². The number of nitrogens with one attached hydrogen (secondary N) is 1. The van der Waals surface area contributed by atoms with Gasteiger partial charge in [-0.25, -0.2) is 0 Å². The third-order valence-electron chi connectivity index (χ3n) is 4.89. The molecule has 0 aliphatic heterocycles. The first-order chi connectivity index (χ1) is 14.6. The zero-order valence-corrected chi connectivity index (χ0v) is 20.2. The third kappa shape index (κ3) is 6.88. The average molecular weight is 465 g/mol. The Bertz CT molecular complexity index is 908.